The third-order valence-corrected chi connectivity index (χ3v) is 9.26. The molecule has 2 aromatic rings. The highest BCUT2D eigenvalue weighted by Gasteiger charge is 2.38. The quantitative estimate of drug-likeness (QED) is 0.162. The van der Waals surface area contributed by atoms with E-state index >= 15 is 0 Å². The molecule has 4 rings (SSSR count). The monoisotopic (exact) mass is 817 g/mol. The molecule has 15 nitrogen and oxygen atoms in total. The van der Waals surface area contributed by atoms with Gasteiger partial charge in [-0.15, -0.1) is 0 Å². The molecule has 0 aliphatic carbocycles. The second-order valence-corrected chi connectivity index (χ2v) is 14.1. The number of ether oxygens (including phenoxy) is 1. The lowest BCUT2D eigenvalue weighted by Crippen LogP contribution is -2.54. The van der Waals surface area contributed by atoms with E-state index in [9.17, 15) is 42.3 Å². The Morgan fingerprint density at radius 3 is 2.02 bits per heavy atom. The number of likely N-dealkylation sites (N-methyl/N-ethyl adjacent to an activating group) is 3. The van der Waals surface area contributed by atoms with Gasteiger partial charge in [0.1, 0.15) is 42.2 Å². The molecule has 5 amide bonds. The van der Waals surface area contributed by atoms with E-state index in [2.05, 4.69) is 22.9 Å². The van der Waals surface area contributed by atoms with Crippen LogP contribution in [-0.2, 0) is 44.7 Å². The number of nitrogens with two attached hydrogens (primary N) is 1. The van der Waals surface area contributed by atoms with Gasteiger partial charge in [-0.05, 0) is 116 Å². The van der Waals surface area contributed by atoms with Crippen LogP contribution in [0.25, 0.3) is 0 Å². The number of nitrogens with one attached hydrogen (secondary N) is 3. The summed E-state index contributed by atoms with van der Waals surface area (Å²) in [6.07, 6.45) is 4.62. The molecular formula is C41H61F2N7O8. The average molecular weight is 818 g/mol. The number of primary amides is 1. The lowest BCUT2D eigenvalue weighted by molar-refractivity contribution is -0.156. The number of carbonyl (C=O) groups excluding carboxylic acids is 7. The number of nitrogens with zero attached hydrogens (tertiary/aromatic N) is 3. The Labute approximate surface area is 340 Å². The van der Waals surface area contributed by atoms with Crippen LogP contribution in [-0.4, -0.2) is 128 Å². The second kappa shape index (κ2) is 26.6. The first-order valence-corrected chi connectivity index (χ1v) is 19.3. The molecule has 2 heterocycles. The summed E-state index contributed by atoms with van der Waals surface area (Å²) in [6, 6.07) is 8.86. The third-order valence-electron chi connectivity index (χ3n) is 9.26. The zero-order chi connectivity index (χ0) is 43.9. The number of benzene rings is 2. The van der Waals surface area contributed by atoms with Crippen molar-refractivity contribution in [1.82, 2.24) is 25.3 Å². The fourth-order valence-corrected chi connectivity index (χ4v) is 5.96. The number of esters is 1. The smallest absolute Gasteiger partial charge is 0.323 e. The van der Waals surface area contributed by atoms with Gasteiger partial charge in [-0.2, -0.15) is 0 Å². The summed E-state index contributed by atoms with van der Waals surface area (Å²) < 4.78 is 29.9. The molecule has 5 N–H and O–H groups in total. The Kier molecular flexibility index (Phi) is 23.3. The highest BCUT2D eigenvalue weighted by molar-refractivity contribution is 5.93. The highest BCUT2D eigenvalue weighted by atomic mass is 19.1. The molecule has 2 aliphatic rings. The first-order chi connectivity index (χ1) is 27.4. The molecule has 0 spiro atoms. The Balaban J connectivity index is 0.000000517. The standard InChI is InChI=1S/C22H36N4O6.C9H11NO.C7H6F2.C3H8N2O/c1-14(13-27)23-20(29)16(3)25(5)21(30)17-8-7-11-26(17)19(28)12-15(2)32-22(31)18-9-6-10-24(18)4;1-2-8-3-5-9(6-4-8)10-7-11;1-5-2-6(8)4-7(9)3-5;1-5-2-3(4)6/h13-18H,6-12H2,1-5H3,(H,23,29);3-7H,2H2,1H3,(H,10,11);2-4H,1H3;5H,2H2,1H3,(H2,4,6). The molecule has 17 heteroatoms. The average Bonchev–Trinajstić information content (AvgIpc) is 3.84. The topological polar surface area (TPSA) is 201 Å². The SMILES string of the molecule is CC(C=O)NC(=O)C(C)N(C)C(=O)C1CCCN1C(=O)CC(C)OC(=O)C1CCCN1C.CCc1ccc(NC=O)cc1.CNCC(N)=O.Cc1cc(F)cc(F)c1. The predicted octanol–water partition coefficient (Wildman–Crippen LogP) is 2.73. The number of halogens is 2. The van der Waals surface area contributed by atoms with Crippen LogP contribution < -0.4 is 21.7 Å². The van der Waals surface area contributed by atoms with Crippen LogP contribution in [0.4, 0.5) is 14.5 Å². The van der Waals surface area contributed by atoms with Crippen molar-refractivity contribution in [3.63, 3.8) is 0 Å². The van der Waals surface area contributed by atoms with Crippen molar-refractivity contribution in [2.75, 3.05) is 46.1 Å². The number of amides is 5. The molecule has 0 saturated carbocycles. The third kappa shape index (κ3) is 18.3. The second-order valence-electron chi connectivity index (χ2n) is 14.1. The maximum absolute atomic E-state index is 13.0. The van der Waals surface area contributed by atoms with Gasteiger partial charge < -0.3 is 41.0 Å². The van der Waals surface area contributed by atoms with Crippen molar-refractivity contribution in [2.24, 2.45) is 5.73 Å². The number of hydrogen-bond donors (Lipinski definition) is 4. The molecule has 2 aliphatic heterocycles. The van der Waals surface area contributed by atoms with Crippen molar-refractivity contribution >= 4 is 48.0 Å². The lowest BCUT2D eigenvalue weighted by atomic mass is 10.1. The first-order valence-electron chi connectivity index (χ1n) is 19.3. The fraction of sp³-hybridized carbons (Fsp3) is 0.537. The van der Waals surface area contributed by atoms with Crippen LogP contribution in [0.2, 0.25) is 0 Å². The van der Waals surface area contributed by atoms with Crippen LogP contribution in [0.5, 0.6) is 0 Å². The molecule has 2 aromatic carbocycles. The van der Waals surface area contributed by atoms with Crippen molar-refractivity contribution < 1.29 is 47.1 Å². The predicted molar refractivity (Wildman–Crippen MR) is 216 cm³/mol. The summed E-state index contributed by atoms with van der Waals surface area (Å²) in [5.41, 5.74) is 7.43. The number of anilines is 1. The molecule has 0 radical (unpaired) electrons. The van der Waals surface area contributed by atoms with E-state index in [1.165, 1.54) is 34.5 Å². The van der Waals surface area contributed by atoms with Crippen LogP contribution in [0.3, 0.4) is 0 Å². The molecule has 2 fully saturated rings. The molecule has 322 valence electrons. The van der Waals surface area contributed by atoms with Gasteiger partial charge >= 0.3 is 5.97 Å². The minimum atomic E-state index is -0.786. The first kappa shape index (κ1) is 50.7. The number of carbonyl (C=O) groups is 7. The Bertz CT molecular complexity index is 1600. The number of hydrogen-bond acceptors (Lipinski definition) is 10. The largest absolute Gasteiger partial charge is 0.461 e. The summed E-state index contributed by atoms with van der Waals surface area (Å²) in [5.74, 6) is -2.69. The summed E-state index contributed by atoms with van der Waals surface area (Å²) in [4.78, 5) is 85.9. The molecule has 5 unspecified atom stereocenters. The molecule has 5 atom stereocenters. The van der Waals surface area contributed by atoms with Crippen LogP contribution in [0, 0.1) is 18.6 Å². The number of rotatable bonds is 14. The van der Waals surface area contributed by atoms with Crippen molar-refractivity contribution in [2.45, 2.75) is 103 Å². The van der Waals surface area contributed by atoms with Gasteiger partial charge in [0.25, 0.3) is 0 Å². The van der Waals surface area contributed by atoms with E-state index < -0.39 is 41.8 Å². The minimum Gasteiger partial charge on any atom is -0.461 e. The van der Waals surface area contributed by atoms with E-state index in [-0.39, 0.29) is 42.7 Å². The Morgan fingerprint density at radius 1 is 0.966 bits per heavy atom. The maximum atomic E-state index is 13.0. The Hall–Kier alpha value is -5.29. The van der Waals surface area contributed by atoms with E-state index in [0.29, 0.717) is 37.6 Å². The van der Waals surface area contributed by atoms with Crippen LogP contribution in [0.15, 0.2) is 42.5 Å². The molecule has 0 bridgehead atoms. The zero-order valence-corrected chi connectivity index (χ0v) is 34.9. The van der Waals surface area contributed by atoms with E-state index in [1.807, 2.05) is 36.2 Å². The van der Waals surface area contributed by atoms with Gasteiger partial charge in [-0.25, -0.2) is 8.78 Å². The summed E-state index contributed by atoms with van der Waals surface area (Å²) in [7, 11) is 5.07. The summed E-state index contributed by atoms with van der Waals surface area (Å²) in [6.45, 7) is 10.1. The normalized spacial score (nSPS) is 17.2. The summed E-state index contributed by atoms with van der Waals surface area (Å²) >= 11 is 0. The minimum absolute atomic E-state index is 0.00254. The molecular weight excluding hydrogens is 756 g/mol. The van der Waals surface area contributed by atoms with Gasteiger partial charge in [0.2, 0.25) is 30.0 Å². The van der Waals surface area contributed by atoms with Gasteiger partial charge in [-0.1, -0.05) is 19.1 Å². The fourth-order valence-electron chi connectivity index (χ4n) is 5.96. The van der Waals surface area contributed by atoms with Gasteiger partial charge in [-0.3, -0.25) is 33.7 Å². The number of aldehydes is 1. The van der Waals surface area contributed by atoms with Crippen molar-refractivity contribution in [3.8, 4) is 0 Å². The highest BCUT2D eigenvalue weighted by Crippen LogP contribution is 2.23. The summed E-state index contributed by atoms with van der Waals surface area (Å²) in [5, 5.41) is 7.70. The lowest BCUT2D eigenvalue weighted by Gasteiger charge is -2.31. The molecule has 0 aromatic heterocycles. The van der Waals surface area contributed by atoms with Gasteiger partial charge in [0.15, 0.2) is 0 Å². The van der Waals surface area contributed by atoms with Crippen molar-refractivity contribution in [1.29, 1.82) is 0 Å². The molecule has 58 heavy (non-hydrogen) atoms. The van der Waals surface area contributed by atoms with Crippen LogP contribution in [0.1, 0.15) is 70.9 Å². The van der Waals surface area contributed by atoms with Gasteiger partial charge in [0, 0.05) is 25.3 Å². The number of likely N-dealkylation sites (tertiary alicyclic amines) is 2. The number of aryl methyl sites for hydroxylation is 2. The van der Waals surface area contributed by atoms with Gasteiger partial charge in [0.05, 0.1) is 19.0 Å². The maximum Gasteiger partial charge on any atom is 0.323 e. The van der Waals surface area contributed by atoms with E-state index in [4.69, 9.17) is 10.5 Å². The van der Waals surface area contributed by atoms with Crippen LogP contribution >= 0.6 is 0 Å². The van der Waals surface area contributed by atoms with E-state index in [1.54, 1.807) is 34.7 Å². The van der Waals surface area contributed by atoms with Crippen molar-refractivity contribution in [3.05, 3.63) is 65.2 Å². The molecule has 2 saturated heterocycles. The van der Waals surface area contributed by atoms with E-state index in [0.717, 1.165) is 37.6 Å². The Morgan fingerprint density at radius 2 is 1.55 bits per heavy atom. The zero-order valence-electron chi connectivity index (χ0n) is 34.9.